The number of benzene rings is 1. The zero-order chi connectivity index (χ0) is 19.8. The Morgan fingerprint density at radius 3 is 2.52 bits per heavy atom. The molecule has 2 aromatic heterocycles. The van der Waals surface area contributed by atoms with Crippen molar-refractivity contribution in [3.05, 3.63) is 70.0 Å². The van der Waals surface area contributed by atoms with Crippen LogP contribution in [0.15, 0.2) is 59.7 Å². The van der Waals surface area contributed by atoms with Gasteiger partial charge in [-0.3, -0.25) is 4.99 Å². The predicted molar refractivity (Wildman–Crippen MR) is 129 cm³/mol. The smallest absolute Gasteiger partial charge is 0.219 e. The summed E-state index contributed by atoms with van der Waals surface area (Å²) in [6.45, 7) is 3.48. The number of ether oxygens (including phenoxy) is 2. The summed E-state index contributed by atoms with van der Waals surface area (Å²) in [6.07, 6.45) is 1.79. The topological polar surface area (TPSA) is 67.8 Å². The molecule has 0 bridgehead atoms. The van der Waals surface area contributed by atoms with Gasteiger partial charge in [-0.2, -0.15) is 0 Å². The van der Waals surface area contributed by atoms with Crippen LogP contribution in [0.1, 0.15) is 15.3 Å². The first kappa shape index (κ1) is 23.0. The number of nitrogens with zero attached hydrogens (tertiary/aromatic N) is 2. The third-order valence-corrected chi connectivity index (χ3v) is 4.97. The number of nitrogens with one attached hydrogen (secondary N) is 2. The number of halogens is 1. The largest absolute Gasteiger partial charge is 0.497 e. The summed E-state index contributed by atoms with van der Waals surface area (Å²) in [6, 6.07) is 15.5. The van der Waals surface area contributed by atoms with Crippen molar-refractivity contribution < 1.29 is 9.47 Å². The summed E-state index contributed by atoms with van der Waals surface area (Å²) >= 11 is 1.78. The Morgan fingerprint density at radius 2 is 1.86 bits per heavy atom. The second kappa shape index (κ2) is 11.6. The molecular weight excluding hydrogens is 499 g/mol. The first-order valence-corrected chi connectivity index (χ1v) is 9.74. The van der Waals surface area contributed by atoms with Crippen LogP contribution in [-0.4, -0.2) is 25.1 Å². The van der Waals surface area contributed by atoms with Crippen molar-refractivity contribution >= 4 is 41.3 Å². The van der Waals surface area contributed by atoms with E-state index in [2.05, 4.69) is 39.7 Å². The van der Waals surface area contributed by atoms with Crippen LogP contribution in [0.2, 0.25) is 0 Å². The van der Waals surface area contributed by atoms with E-state index in [1.165, 1.54) is 9.75 Å². The quantitative estimate of drug-likeness (QED) is 0.266. The molecule has 0 spiro atoms. The summed E-state index contributed by atoms with van der Waals surface area (Å²) in [5.74, 6) is 2.72. The summed E-state index contributed by atoms with van der Waals surface area (Å²) in [5.41, 5.74) is 1.04. The molecule has 0 aliphatic heterocycles. The van der Waals surface area contributed by atoms with Gasteiger partial charge in [0.15, 0.2) is 5.96 Å². The van der Waals surface area contributed by atoms with Gasteiger partial charge in [0, 0.05) is 41.7 Å². The maximum Gasteiger partial charge on any atom is 0.219 e. The number of hydrogen-bond acceptors (Lipinski definition) is 5. The van der Waals surface area contributed by atoms with E-state index in [0.717, 1.165) is 23.8 Å². The van der Waals surface area contributed by atoms with Crippen LogP contribution < -0.4 is 20.1 Å². The van der Waals surface area contributed by atoms with Gasteiger partial charge < -0.3 is 20.1 Å². The molecule has 0 saturated heterocycles. The molecule has 0 amide bonds. The van der Waals surface area contributed by atoms with Gasteiger partial charge in [-0.25, -0.2) is 4.98 Å². The number of methoxy groups -OCH3 is 1. The number of pyridine rings is 1. The van der Waals surface area contributed by atoms with E-state index in [9.17, 15) is 0 Å². The monoisotopic (exact) mass is 524 g/mol. The first-order chi connectivity index (χ1) is 13.7. The van der Waals surface area contributed by atoms with Crippen LogP contribution in [0.25, 0.3) is 0 Å². The van der Waals surface area contributed by atoms with Gasteiger partial charge in [-0.1, -0.05) is 12.1 Å². The number of aromatic nitrogens is 1. The Morgan fingerprint density at radius 1 is 1.07 bits per heavy atom. The lowest BCUT2D eigenvalue weighted by Gasteiger charge is -2.11. The maximum atomic E-state index is 5.77. The fourth-order valence-corrected chi connectivity index (χ4v) is 3.35. The molecule has 2 N–H and O–H groups in total. The zero-order valence-electron chi connectivity index (χ0n) is 16.6. The zero-order valence-corrected chi connectivity index (χ0v) is 19.8. The van der Waals surface area contributed by atoms with Crippen LogP contribution in [0.4, 0.5) is 0 Å². The molecule has 0 aliphatic rings. The number of aryl methyl sites for hydroxylation is 1. The summed E-state index contributed by atoms with van der Waals surface area (Å²) in [7, 11) is 3.39. The third kappa shape index (κ3) is 7.21. The number of thiophene rings is 1. The second-order valence-electron chi connectivity index (χ2n) is 6.08. The van der Waals surface area contributed by atoms with Crippen molar-refractivity contribution in [3.63, 3.8) is 0 Å². The van der Waals surface area contributed by atoms with E-state index in [4.69, 9.17) is 9.47 Å². The Bertz CT molecular complexity index is 928. The number of rotatable bonds is 7. The Hall–Kier alpha value is -2.33. The SMILES string of the molecule is CN=C(NCc1ccc(Oc2cccc(OC)c2)nc1)NCc1ccc(C)s1.I. The average Bonchev–Trinajstić information content (AvgIpc) is 3.14. The van der Waals surface area contributed by atoms with Gasteiger partial charge >= 0.3 is 0 Å². The minimum absolute atomic E-state index is 0. The number of hydrogen-bond donors (Lipinski definition) is 2. The standard InChI is InChI=1S/C21H24N4O2S.HI/c1-15-7-9-19(28-15)14-25-21(22-2)24-13-16-8-10-20(23-12-16)27-18-6-4-5-17(11-18)26-3;/h4-12H,13-14H2,1-3H3,(H2,22,24,25);1H. The molecule has 1 aromatic carbocycles. The highest BCUT2D eigenvalue weighted by Gasteiger charge is 2.03. The van der Waals surface area contributed by atoms with E-state index in [1.807, 2.05) is 36.4 Å². The third-order valence-electron chi connectivity index (χ3n) is 3.97. The molecule has 154 valence electrons. The molecule has 0 saturated carbocycles. The van der Waals surface area contributed by atoms with Gasteiger partial charge in [-0.15, -0.1) is 35.3 Å². The van der Waals surface area contributed by atoms with Crippen LogP contribution in [0.3, 0.4) is 0 Å². The van der Waals surface area contributed by atoms with Crippen molar-refractivity contribution in [2.75, 3.05) is 14.2 Å². The minimum atomic E-state index is 0. The Kier molecular flexibility index (Phi) is 9.20. The Balaban J connectivity index is 0.00000300. The maximum absolute atomic E-state index is 5.77. The molecule has 0 unspecified atom stereocenters. The van der Waals surface area contributed by atoms with Crippen LogP contribution in [-0.2, 0) is 13.1 Å². The molecule has 3 rings (SSSR count). The molecule has 2 heterocycles. The fraction of sp³-hybridized carbons (Fsp3) is 0.238. The molecule has 3 aromatic rings. The molecule has 0 aliphatic carbocycles. The Labute approximate surface area is 192 Å². The van der Waals surface area contributed by atoms with E-state index < -0.39 is 0 Å². The summed E-state index contributed by atoms with van der Waals surface area (Å²) in [5, 5.41) is 6.61. The summed E-state index contributed by atoms with van der Waals surface area (Å²) in [4.78, 5) is 11.2. The van der Waals surface area contributed by atoms with E-state index >= 15 is 0 Å². The lowest BCUT2D eigenvalue weighted by molar-refractivity contribution is 0.407. The van der Waals surface area contributed by atoms with Crippen molar-refractivity contribution in [1.82, 2.24) is 15.6 Å². The van der Waals surface area contributed by atoms with E-state index in [-0.39, 0.29) is 24.0 Å². The summed E-state index contributed by atoms with van der Waals surface area (Å²) < 4.78 is 11.0. The van der Waals surface area contributed by atoms with Gasteiger partial charge in [0.25, 0.3) is 0 Å². The second-order valence-corrected chi connectivity index (χ2v) is 7.45. The first-order valence-electron chi connectivity index (χ1n) is 8.93. The fourth-order valence-electron chi connectivity index (χ4n) is 2.52. The molecule has 0 atom stereocenters. The van der Waals surface area contributed by atoms with Crippen LogP contribution in [0, 0.1) is 6.92 Å². The lowest BCUT2D eigenvalue weighted by atomic mass is 10.3. The molecular formula is C21H25IN4O2S. The number of guanidine groups is 1. The van der Waals surface area contributed by atoms with Crippen LogP contribution >= 0.6 is 35.3 Å². The van der Waals surface area contributed by atoms with Gasteiger partial charge in [-0.05, 0) is 36.8 Å². The van der Waals surface area contributed by atoms with Crippen LogP contribution in [0.5, 0.6) is 17.4 Å². The van der Waals surface area contributed by atoms with Crippen molar-refractivity contribution in [2.24, 2.45) is 4.99 Å². The molecule has 6 nitrogen and oxygen atoms in total. The minimum Gasteiger partial charge on any atom is -0.497 e. The van der Waals surface area contributed by atoms with Gasteiger partial charge in [0.05, 0.1) is 13.7 Å². The molecule has 29 heavy (non-hydrogen) atoms. The average molecular weight is 524 g/mol. The van der Waals surface area contributed by atoms with Crippen molar-refractivity contribution in [2.45, 2.75) is 20.0 Å². The van der Waals surface area contributed by atoms with E-state index in [0.29, 0.717) is 18.2 Å². The molecule has 0 radical (unpaired) electrons. The van der Waals surface area contributed by atoms with Gasteiger partial charge in [0.1, 0.15) is 11.5 Å². The van der Waals surface area contributed by atoms with Crippen molar-refractivity contribution in [1.29, 1.82) is 0 Å². The molecule has 0 fully saturated rings. The lowest BCUT2D eigenvalue weighted by Crippen LogP contribution is -2.36. The van der Waals surface area contributed by atoms with E-state index in [1.54, 1.807) is 31.7 Å². The normalized spacial score (nSPS) is 10.8. The van der Waals surface area contributed by atoms with Gasteiger partial charge in [0.2, 0.25) is 5.88 Å². The van der Waals surface area contributed by atoms with Crippen molar-refractivity contribution in [3.8, 4) is 17.4 Å². The predicted octanol–water partition coefficient (Wildman–Crippen LogP) is 4.74. The molecule has 8 heteroatoms. The highest BCUT2D eigenvalue weighted by Crippen LogP contribution is 2.23. The highest BCUT2D eigenvalue weighted by atomic mass is 127. The number of aliphatic imine (C=N–C) groups is 1. The highest BCUT2D eigenvalue weighted by molar-refractivity contribution is 14.0.